The average molecular weight is 1010 g/mol. The first kappa shape index (κ1) is 70.3. The number of hydrogen-bond donors (Lipinski definition) is 3. The van der Waals surface area contributed by atoms with Crippen LogP contribution in [-0.4, -0.2) is 47.4 Å². The summed E-state index contributed by atoms with van der Waals surface area (Å²) >= 11 is 0. The van der Waals surface area contributed by atoms with Crippen LogP contribution in [0.2, 0.25) is 0 Å². The van der Waals surface area contributed by atoms with Gasteiger partial charge in [0.25, 0.3) is 0 Å². The van der Waals surface area contributed by atoms with Gasteiger partial charge in [0.2, 0.25) is 5.91 Å². The van der Waals surface area contributed by atoms with E-state index in [2.05, 4.69) is 43.5 Å². The standard InChI is InChI=1S/C66H127NO5/c1-3-5-7-9-11-13-15-17-19-21-22-23-24-25-26-28-30-34-38-42-46-50-54-58-64(69)63(62-68)67-65(70)59-55-51-47-43-39-35-31-29-33-37-41-45-49-53-57-61-72-66(71)60-56-52-48-44-40-36-32-27-20-18-16-14-12-10-8-6-4-2/h18,20,33,37,63-64,68-69H,3-17,19,21-32,34-36,38-62H2,1-2H3,(H,67,70)/b20-18-,37-33-. The Kier molecular flexibility index (Phi) is 60.5. The zero-order chi connectivity index (χ0) is 52.2. The molecule has 0 bridgehead atoms. The Bertz CT molecular complexity index is 1120. The van der Waals surface area contributed by atoms with Gasteiger partial charge in [-0.3, -0.25) is 9.59 Å². The lowest BCUT2D eigenvalue weighted by molar-refractivity contribution is -0.143. The van der Waals surface area contributed by atoms with E-state index >= 15 is 0 Å². The van der Waals surface area contributed by atoms with Gasteiger partial charge < -0.3 is 20.3 Å². The van der Waals surface area contributed by atoms with E-state index in [1.807, 2.05) is 0 Å². The van der Waals surface area contributed by atoms with Crippen molar-refractivity contribution >= 4 is 11.9 Å². The molecule has 0 rings (SSSR count). The van der Waals surface area contributed by atoms with Crippen LogP contribution in [0.1, 0.15) is 361 Å². The molecule has 0 aliphatic carbocycles. The highest BCUT2D eigenvalue weighted by Crippen LogP contribution is 2.18. The van der Waals surface area contributed by atoms with Crippen molar-refractivity contribution < 1.29 is 24.5 Å². The fourth-order valence-corrected chi connectivity index (χ4v) is 10.2. The van der Waals surface area contributed by atoms with E-state index in [0.717, 1.165) is 70.6 Å². The molecule has 1 amide bonds. The van der Waals surface area contributed by atoms with E-state index in [0.29, 0.717) is 25.9 Å². The van der Waals surface area contributed by atoms with Gasteiger partial charge in [0.1, 0.15) is 0 Å². The van der Waals surface area contributed by atoms with Crippen LogP contribution in [0.4, 0.5) is 0 Å². The number of esters is 1. The average Bonchev–Trinajstić information content (AvgIpc) is 3.38. The highest BCUT2D eigenvalue weighted by molar-refractivity contribution is 5.76. The second kappa shape index (κ2) is 61.9. The molecule has 3 N–H and O–H groups in total. The van der Waals surface area contributed by atoms with Gasteiger partial charge >= 0.3 is 5.97 Å². The van der Waals surface area contributed by atoms with Crippen LogP contribution < -0.4 is 5.32 Å². The predicted molar refractivity (Wildman–Crippen MR) is 315 cm³/mol. The Morgan fingerprint density at radius 3 is 0.986 bits per heavy atom. The Morgan fingerprint density at radius 2 is 0.653 bits per heavy atom. The molecule has 0 fully saturated rings. The van der Waals surface area contributed by atoms with Crippen molar-refractivity contribution in [1.29, 1.82) is 0 Å². The lowest BCUT2D eigenvalue weighted by Gasteiger charge is -2.22. The molecule has 0 aromatic rings. The lowest BCUT2D eigenvalue weighted by atomic mass is 10.0. The second-order valence-electron chi connectivity index (χ2n) is 22.4. The summed E-state index contributed by atoms with van der Waals surface area (Å²) in [4.78, 5) is 24.6. The number of aliphatic hydroxyl groups excluding tert-OH is 2. The van der Waals surface area contributed by atoms with Crippen LogP contribution in [0.15, 0.2) is 24.3 Å². The maximum atomic E-state index is 12.5. The molecule has 0 aliphatic rings. The van der Waals surface area contributed by atoms with Crippen molar-refractivity contribution in [3.05, 3.63) is 24.3 Å². The molecule has 0 heterocycles. The van der Waals surface area contributed by atoms with E-state index in [4.69, 9.17) is 4.74 Å². The largest absolute Gasteiger partial charge is 0.466 e. The molecule has 0 aromatic heterocycles. The SMILES string of the molecule is CCCCCCCC/C=C\CCCCCCCCCC(=O)OCCCCCC/C=C\CCCCCCCCCC(=O)NC(CO)C(O)CCCCCCCCCCCCCCCCCCCCCCCCC. The molecule has 426 valence electrons. The molecule has 0 aromatic carbocycles. The number of amides is 1. The molecule has 0 radical (unpaired) electrons. The number of ether oxygens (including phenoxy) is 1. The third kappa shape index (κ3) is 57.6. The van der Waals surface area contributed by atoms with Gasteiger partial charge in [0, 0.05) is 12.8 Å². The Balaban J connectivity index is 3.45. The lowest BCUT2D eigenvalue weighted by Crippen LogP contribution is -2.45. The monoisotopic (exact) mass is 1010 g/mol. The van der Waals surface area contributed by atoms with E-state index < -0.39 is 12.1 Å². The van der Waals surface area contributed by atoms with Gasteiger partial charge in [0.15, 0.2) is 0 Å². The van der Waals surface area contributed by atoms with E-state index in [1.165, 1.54) is 257 Å². The minimum atomic E-state index is -0.676. The minimum Gasteiger partial charge on any atom is -0.466 e. The summed E-state index contributed by atoms with van der Waals surface area (Å²) in [5.74, 6) is -0.0589. The Hall–Kier alpha value is -1.66. The van der Waals surface area contributed by atoms with Crippen molar-refractivity contribution in [1.82, 2.24) is 5.32 Å². The fraction of sp³-hybridized carbons (Fsp3) is 0.909. The highest BCUT2D eigenvalue weighted by Gasteiger charge is 2.20. The smallest absolute Gasteiger partial charge is 0.305 e. The van der Waals surface area contributed by atoms with Crippen molar-refractivity contribution in [3.63, 3.8) is 0 Å². The summed E-state index contributed by atoms with van der Waals surface area (Å²) in [6.07, 6.45) is 76.2. The first-order valence-electron chi connectivity index (χ1n) is 32.6. The Morgan fingerprint density at radius 1 is 0.375 bits per heavy atom. The summed E-state index contributed by atoms with van der Waals surface area (Å²) in [5.41, 5.74) is 0. The van der Waals surface area contributed by atoms with E-state index in [1.54, 1.807) is 0 Å². The molecule has 0 saturated carbocycles. The number of rotatable bonds is 61. The first-order valence-corrected chi connectivity index (χ1v) is 32.6. The summed E-state index contributed by atoms with van der Waals surface area (Å²) in [5, 5.41) is 23.4. The normalized spacial score (nSPS) is 12.7. The maximum absolute atomic E-state index is 12.5. The van der Waals surface area contributed by atoms with Crippen molar-refractivity contribution in [3.8, 4) is 0 Å². The van der Waals surface area contributed by atoms with Gasteiger partial charge in [-0.2, -0.15) is 0 Å². The van der Waals surface area contributed by atoms with Crippen molar-refractivity contribution in [2.75, 3.05) is 13.2 Å². The van der Waals surface area contributed by atoms with Crippen LogP contribution >= 0.6 is 0 Å². The number of hydrogen-bond acceptors (Lipinski definition) is 5. The first-order chi connectivity index (χ1) is 35.5. The summed E-state index contributed by atoms with van der Waals surface area (Å²) in [7, 11) is 0. The fourth-order valence-electron chi connectivity index (χ4n) is 10.2. The third-order valence-electron chi connectivity index (χ3n) is 15.2. The molecular weight excluding hydrogens is 887 g/mol. The molecule has 0 aliphatic heterocycles. The van der Waals surface area contributed by atoms with Crippen LogP contribution in [-0.2, 0) is 14.3 Å². The topological polar surface area (TPSA) is 95.9 Å². The molecule has 72 heavy (non-hydrogen) atoms. The molecule has 2 atom stereocenters. The molecule has 2 unspecified atom stereocenters. The van der Waals surface area contributed by atoms with E-state index in [-0.39, 0.29) is 18.5 Å². The molecular formula is C66H127NO5. The number of allylic oxidation sites excluding steroid dienone is 4. The van der Waals surface area contributed by atoms with Gasteiger partial charge in [-0.15, -0.1) is 0 Å². The summed E-state index contributed by atoms with van der Waals surface area (Å²) < 4.78 is 5.48. The second-order valence-corrected chi connectivity index (χ2v) is 22.4. The number of unbranched alkanes of at least 4 members (excludes halogenated alkanes) is 46. The molecule has 0 spiro atoms. The van der Waals surface area contributed by atoms with Gasteiger partial charge in [-0.1, -0.05) is 295 Å². The maximum Gasteiger partial charge on any atom is 0.305 e. The van der Waals surface area contributed by atoms with Crippen molar-refractivity contribution in [2.45, 2.75) is 373 Å². The molecule has 6 heteroatoms. The number of carbonyl (C=O) groups is 2. The van der Waals surface area contributed by atoms with E-state index in [9.17, 15) is 19.8 Å². The highest BCUT2D eigenvalue weighted by atomic mass is 16.5. The Labute approximate surface area is 450 Å². The molecule has 6 nitrogen and oxygen atoms in total. The van der Waals surface area contributed by atoms with Crippen LogP contribution in [0.5, 0.6) is 0 Å². The van der Waals surface area contributed by atoms with Crippen LogP contribution in [0.25, 0.3) is 0 Å². The summed E-state index contributed by atoms with van der Waals surface area (Å²) in [6, 6.07) is -0.554. The van der Waals surface area contributed by atoms with Gasteiger partial charge in [-0.05, 0) is 77.0 Å². The zero-order valence-corrected chi connectivity index (χ0v) is 48.7. The van der Waals surface area contributed by atoms with Crippen LogP contribution in [0, 0.1) is 0 Å². The number of carbonyl (C=O) groups excluding carboxylic acids is 2. The number of nitrogens with one attached hydrogen (secondary N) is 1. The van der Waals surface area contributed by atoms with Gasteiger partial charge in [0.05, 0.1) is 25.4 Å². The van der Waals surface area contributed by atoms with Gasteiger partial charge in [-0.25, -0.2) is 0 Å². The summed E-state index contributed by atoms with van der Waals surface area (Å²) in [6.45, 7) is 4.94. The van der Waals surface area contributed by atoms with Crippen molar-refractivity contribution in [2.24, 2.45) is 0 Å². The third-order valence-corrected chi connectivity index (χ3v) is 15.2. The minimum absolute atomic E-state index is 0.0123. The number of aliphatic hydroxyl groups is 2. The molecule has 0 saturated heterocycles. The quantitative estimate of drug-likeness (QED) is 0.0320. The zero-order valence-electron chi connectivity index (χ0n) is 48.7. The predicted octanol–water partition coefficient (Wildman–Crippen LogP) is 20.6. The van der Waals surface area contributed by atoms with Crippen LogP contribution in [0.3, 0.4) is 0 Å².